The second kappa shape index (κ2) is 5.83. The number of hydrogen-bond acceptors (Lipinski definition) is 4. The highest BCUT2D eigenvalue weighted by molar-refractivity contribution is 9.10. The Hall–Kier alpha value is -1.30. The number of fused-ring (bicyclic) bond motifs is 1. The van der Waals surface area contributed by atoms with E-state index in [1.165, 1.54) is 4.88 Å². The summed E-state index contributed by atoms with van der Waals surface area (Å²) in [5.41, 5.74) is 9.30. The molecule has 2 heterocycles. The summed E-state index contributed by atoms with van der Waals surface area (Å²) in [6.45, 7) is 4.12. The molecule has 0 bridgehead atoms. The summed E-state index contributed by atoms with van der Waals surface area (Å²) in [5, 5.41) is 2.18. The first-order chi connectivity index (χ1) is 10.0. The average Bonchev–Trinajstić information content (AvgIpc) is 2.76. The zero-order valence-corrected chi connectivity index (χ0v) is 14.3. The summed E-state index contributed by atoms with van der Waals surface area (Å²) in [6.07, 6.45) is 0.712. The minimum atomic E-state index is -0.158. The van der Waals surface area contributed by atoms with Crippen LogP contribution < -0.4 is 5.73 Å². The number of thiazole rings is 1. The predicted molar refractivity (Wildman–Crippen MR) is 91.7 cm³/mol. The highest BCUT2D eigenvalue weighted by Gasteiger charge is 2.16. The molecule has 0 spiro atoms. The molecule has 21 heavy (non-hydrogen) atoms. The molecule has 0 radical (unpaired) electrons. The van der Waals surface area contributed by atoms with Crippen molar-refractivity contribution < 1.29 is 0 Å². The number of rotatable bonds is 3. The van der Waals surface area contributed by atoms with Gasteiger partial charge in [0.1, 0.15) is 0 Å². The van der Waals surface area contributed by atoms with Crippen molar-refractivity contribution in [1.29, 1.82) is 0 Å². The predicted octanol–water partition coefficient (Wildman–Crippen LogP) is 4.31. The lowest BCUT2D eigenvalue weighted by atomic mass is 10.1. The molecule has 0 aliphatic rings. The van der Waals surface area contributed by atoms with Crippen molar-refractivity contribution in [2.24, 2.45) is 5.73 Å². The summed E-state index contributed by atoms with van der Waals surface area (Å²) in [7, 11) is 0. The van der Waals surface area contributed by atoms with Gasteiger partial charge in [-0.3, -0.25) is 0 Å². The van der Waals surface area contributed by atoms with Crippen LogP contribution >= 0.6 is 27.3 Å². The number of aromatic nitrogens is 2. The highest BCUT2D eigenvalue weighted by atomic mass is 79.9. The summed E-state index contributed by atoms with van der Waals surface area (Å²) in [5.74, 6) is 0. The van der Waals surface area contributed by atoms with Crippen molar-refractivity contribution in [1.82, 2.24) is 9.97 Å². The zero-order chi connectivity index (χ0) is 15.0. The molecule has 1 aromatic carbocycles. The molecular formula is C16H16BrN3S. The van der Waals surface area contributed by atoms with Crippen molar-refractivity contribution in [2.45, 2.75) is 26.3 Å². The summed E-state index contributed by atoms with van der Waals surface area (Å²) >= 11 is 5.30. The first-order valence-corrected chi connectivity index (χ1v) is 8.39. The second-order valence-electron chi connectivity index (χ2n) is 5.11. The maximum absolute atomic E-state index is 6.35. The van der Waals surface area contributed by atoms with Gasteiger partial charge in [0.25, 0.3) is 0 Å². The van der Waals surface area contributed by atoms with E-state index in [0.29, 0.717) is 6.42 Å². The zero-order valence-electron chi connectivity index (χ0n) is 11.9. The van der Waals surface area contributed by atoms with Gasteiger partial charge in [0.15, 0.2) is 0 Å². The van der Waals surface area contributed by atoms with Gasteiger partial charge < -0.3 is 5.73 Å². The molecule has 3 nitrogen and oxygen atoms in total. The fourth-order valence-corrected chi connectivity index (χ4v) is 3.90. The van der Waals surface area contributed by atoms with Gasteiger partial charge in [-0.05, 0) is 41.9 Å². The Balaban J connectivity index is 1.93. The van der Waals surface area contributed by atoms with Crippen LogP contribution in [0, 0.1) is 13.8 Å². The molecule has 3 rings (SSSR count). The molecule has 0 aliphatic heterocycles. The van der Waals surface area contributed by atoms with Crippen LogP contribution in [-0.2, 0) is 6.42 Å². The van der Waals surface area contributed by atoms with Gasteiger partial charge in [0.05, 0.1) is 28.0 Å². The van der Waals surface area contributed by atoms with Crippen molar-refractivity contribution in [3.05, 3.63) is 56.1 Å². The van der Waals surface area contributed by atoms with Crippen LogP contribution in [0.25, 0.3) is 10.9 Å². The Bertz CT molecular complexity index is 778. The summed E-state index contributed by atoms with van der Waals surface area (Å²) in [6, 6.07) is 9.99. The first kappa shape index (κ1) is 14.6. The third kappa shape index (κ3) is 3.00. The molecule has 108 valence electrons. The van der Waals surface area contributed by atoms with Gasteiger partial charge in [-0.25, -0.2) is 9.97 Å². The minimum absolute atomic E-state index is 0.158. The van der Waals surface area contributed by atoms with E-state index in [0.717, 1.165) is 31.8 Å². The molecule has 2 N–H and O–H groups in total. The molecule has 2 aromatic heterocycles. The number of pyridine rings is 1. The van der Waals surface area contributed by atoms with Crippen LogP contribution in [-0.4, -0.2) is 9.97 Å². The number of aryl methyl sites for hydroxylation is 2. The van der Waals surface area contributed by atoms with Gasteiger partial charge in [-0.1, -0.05) is 18.2 Å². The quantitative estimate of drug-likeness (QED) is 0.755. The van der Waals surface area contributed by atoms with Gasteiger partial charge in [-0.15, -0.1) is 11.3 Å². The minimum Gasteiger partial charge on any atom is -0.322 e. The third-order valence-corrected chi connectivity index (χ3v) is 5.25. The van der Waals surface area contributed by atoms with Gasteiger partial charge in [0, 0.05) is 21.2 Å². The van der Waals surface area contributed by atoms with Crippen LogP contribution in [0.4, 0.5) is 0 Å². The van der Waals surface area contributed by atoms with E-state index in [1.54, 1.807) is 11.3 Å². The molecule has 0 saturated heterocycles. The van der Waals surface area contributed by atoms with Gasteiger partial charge in [0.2, 0.25) is 0 Å². The van der Waals surface area contributed by atoms with Crippen LogP contribution in [0.15, 0.2) is 34.8 Å². The average molecular weight is 362 g/mol. The number of benzene rings is 1. The van der Waals surface area contributed by atoms with Crippen LogP contribution in [0.3, 0.4) is 0 Å². The standard InChI is InChI=1S/C16H16BrN3S/c1-9-10(2)21-15(19-9)8-13(18)16-12(17)7-11-5-3-4-6-14(11)20-16/h3-7,13H,8,18H2,1-2H3. The molecule has 1 atom stereocenters. The summed E-state index contributed by atoms with van der Waals surface area (Å²) in [4.78, 5) is 10.5. The molecule has 0 amide bonds. The van der Waals surface area contributed by atoms with Crippen molar-refractivity contribution >= 4 is 38.2 Å². The lowest BCUT2D eigenvalue weighted by molar-refractivity contribution is 0.692. The maximum atomic E-state index is 6.35. The Morgan fingerprint density at radius 3 is 2.71 bits per heavy atom. The van der Waals surface area contributed by atoms with E-state index in [1.807, 2.05) is 25.1 Å². The number of nitrogens with zero attached hydrogens (tertiary/aromatic N) is 2. The van der Waals surface area contributed by atoms with E-state index in [2.05, 4.69) is 40.0 Å². The first-order valence-electron chi connectivity index (χ1n) is 6.78. The Morgan fingerprint density at radius 1 is 1.24 bits per heavy atom. The molecule has 5 heteroatoms. The van der Waals surface area contributed by atoms with Gasteiger partial charge in [-0.2, -0.15) is 0 Å². The van der Waals surface area contributed by atoms with E-state index in [-0.39, 0.29) is 6.04 Å². The number of para-hydroxylation sites is 1. The molecule has 0 saturated carbocycles. The largest absolute Gasteiger partial charge is 0.322 e. The Morgan fingerprint density at radius 2 is 2.00 bits per heavy atom. The SMILES string of the molecule is Cc1nc(CC(N)c2nc3ccccc3cc2Br)sc1C. The second-order valence-corrected chi connectivity index (χ2v) is 7.25. The normalized spacial score (nSPS) is 12.8. The van der Waals surface area contributed by atoms with E-state index in [4.69, 9.17) is 10.7 Å². The number of halogens is 1. The lowest BCUT2D eigenvalue weighted by Crippen LogP contribution is -2.15. The van der Waals surface area contributed by atoms with E-state index in [9.17, 15) is 0 Å². The third-order valence-electron chi connectivity index (χ3n) is 3.52. The molecule has 3 aromatic rings. The fraction of sp³-hybridized carbons (Fsp3) is 0.250. The van der Waals surface area contributed by atoms with Crippen LogP contribution in [0.5, 0.6) is 0 Å². The van der Waals surface area contributed by atoms with Gasteiger partial charge >= 0.3 is 0 Å². The molecule has 0 aliphatic carbocycles. The lowest BCUT2D eigenvalue weighted by Gasteiger charge is -2.12. The topological polar surface area (TPSA) is 51.8 Å². The monoisotopic (exact) mass is 361 g/mol. The molecule has 0 fully saturated rings. The molecular weight excluding hydrogens is 346 g/mol. The Kier molecular flexibility index (Phi) is 4.06. The van der Waals surface area contributed by atoms with Crippen LogP contribution in [0.2, 0.25) is 0 Å². The summed E-state index contributed by atoms with van der Waals surface area (Å²) < 4.78 is 0.957. The van der Waals surface area contributed by atoms with Crippen molar-refractivity contribution in [2.75, 3.05) is 0 Å². The Labute approximate surface area is 136 Å². The fourth-order valence-electron chi connectivity index (χ4n) is 2.28. The van der Waals surface area contributed by atoms with E-state index < -0.39 is 0 Å². The van der Waals surface area contributed by atoms with E-state index >= 15 is 0 Å². The highest BCUT2D eigenvalue weighted by Crippen LogP contribution is 2.28. The van der Waals surface area contributed by atoms with Crippen LogP contribution in [0.1, 0.15) is 27.3 Å². The number of hydrogen-bond donors (Lipinski definition) is 1. The number of nitrogens with two attached hydrogens (primary N) is 1. The van der Waals surface area contributed by atoms with Crippen molar-refractivity contribution in [3.63, 3.8) is 0 Å². The molecule has 1 unspecified atom stereocenters. The van der Waals surface area contributed by atoms with Crippen molar-refractivity contribution in [3.8, 4) is 0 Å². The smallest absolute Gasteiger partial charge is 0.0950 e. The maximum Gasteiger partial charge on any atom is 0.0950 e.